The average molecular weight is 219 g/mol. The molecule has 1 heterocycles. The molecule has 0 amide bonds. The zero-order valence-electron chi connectivity index (χ0n) is 9.75. The minimum atomic E-state index is -0.160. The molecule has 1 aliphatic heterocycles. The fourth-order valence-electron chi connectivity index (χ4n) is 2.19. The number of fused-ring (bicyclic) bond motifs is 1. The summed E-state index contributed by atoms with van der Waals surface area (Å²) in [6.07, 6.45) is 1.44. The van der Waals surface area contributed by atoms with Crippen LogP contribution in [0, 0.1) is 6.92 Å². The molecule has 0 aromatic heterocycles. The molecule has 1 aliphatic rings. The number of esters is 1. The van der Waals surface area contributed by atoms with Gasteiger partial charge in [0.2, 0.25) is 0 Å². The number of rotatable bonds is 2. The minimum absolute atomic E-state index is 0.107. The van der Waals surface area contributed by atoms with E-state index in [1.807, 2.05) is 0 Å². The van der Waals surface area contributed by atoms with Gasteiger partial charge in [-0.1, -0.05) is 23.8 Å². The predicted molar refractivity (Wildman–Crippen MR) is 62.3 cm³/mol. The molecular weight excluding hydrogens is 202 g/mol. The molecule has 0 radical (unpaired) electrons. The summed E-state index contributed by atoms with van der Waals surface area (Å²) >= 11 is 0. The maximum absolute atomic E-state index is 11.3. The van der Waals surface area contributed by atoms with E-state index in [0.29, 0.717) is 6.42 Å². The van der Waals surface area contributed by atoms with Gasteiger partial charge in [0.15, 0.2) is 0 Å². The molecule has 0 aliphatic carbocycles. The van der Waals surface area contributed by atoms with E-state index >= 15 is 0 Å². The van der Waals surface area contributed by atoms with Gasteiger partial charge in [0.05, 0.1) is 13.5 Å². The van der Waals surface area contributed by atoms with Gasteiger partial charge in [-0.25, -0.2) is 0 Å². The van der Waals surface area contributed by atoms with E-state index < -0.39 is 0 Å². The largest absolute Gasteiger partial charge is 0.469 e. The van der Waals surface area contributed by atoms with Gasteiger partial charge in [-0.15, -0.1) is 0 Å². The Morgan fingerprint density at radius 1 is 1.56 bits per heavy atom. The molecule has 0 bridgehead atoms. The second-order valence-electron chi connectivity index (χ2n) is 4.24. The molecule has 1 atom stereocenters. The van der Waals surface area contributed by atoms with Crippen LogP contribution in [0.15, 0.2) is 18.2 Å². The Morgan fingerprint density at radius 2 is 2.38 bits per heavy atom. The van der Waals surface area contributed by atoms with Crippen molar-refractivity contribution in [3.8, 4) is 0 Å². The quantitative estimate of drug-likeness (QED) is 0.770. The van der Waals surface area contributed by atoms with Crippen LogP contribution in [-0.4, -0.2) is 19.6 Å². The van der Waals surface area contributed by atoms with Crippen molar-refractivity contribution in [1.29, 1.82) is 0 Å². The summed E-state index contributed by atoms with van der Waals surface area (Å²) in [6, 6.07) is 6.56. The van der Waals surface area contributed by atoms with Crippen LogP contribution in [0.1, 0.15) is 29.2 Å². The molecule has 1 unspecified atom stereocenters. The zero-order valence-corrected chi connectivity index (χ0v) is 9.75. The summed E-state index contributed by atoms with van der Waals surface area (Å²) in [5, 5.41) is 3.37. The van der Waals surface area contributed by atoms with Crippen molar-refractivity contribution in [2.75, 3.05) is 13.7 Å². The molecule has 1 aromatic rings. The first-order valence-electron chi connectivity index (χ1n) is 5.60. The Morgan fingerprint density at radius 3 is 3.12 bits per heavy atom. The molecule has 2 rings (SSSR count). The first-order chi connectivity index (χ1) is 7.70. The van der Waals surface area contributed by atoms with Crippen LogP contribution in [0.3, 0.4) is 0 Å². The fraction of sp³-hybridized carbons (Fsp3) is 0.462. The van der Waals surface area contributed by atoms with Crippen molar-refractivity contribution in [3.05, 3.63) is 34.9 Å². The number of hydrogen-bond acceptors (Lipinski definition) is 3. The molecule has 3 heteroatoms. The highest BCUT2D eigenvalue weighted by Gasteiger charge is 2.22. The number of carbonyl (C=O) groups is 1. The maximum atomic E-state index is 11.3. The molecular formula is C13H17NO2. The Labute approximate surface area is 95.8 Å². The number of carbonyl (C=O) groups excluding carboxylic acids is 1. The first kappa shape index (κ1) is 11.1. The van der Waals surface area contributed by atoms with Crippen LogP contribution in [0.4, 0.5) is 0 Å². The molecule has 0 fully saturated rings. The third-order valence-corrected chi connectivity index (χ3v) is 3.06. The molecule has 1 aromatic carbocycles. The van der Waals surface area contributed by atoms with Crippen molar-refractivity contribution in [3.63, 3.8) is 0 Å². The van der Waals surface area contributed by atoms with Crippen molar-refractivity contribution in [1.82, 2.24) is 5.32 Å². The van der Waals surface area contributed by atoms with Gasteiger partial charge < -0.3 is 10.1 Å². The van der Waals surface area contributed by atoms with Crippen LogP contribution < -0.4 is 5.32 Å². The summed E-state index contributed by atoms with van der Waals surface area (Å²) in [5.41, 5.74) is 3.83. The lowest BCUT2D eigenvalue weighted by Gasteiger charge is -2.26. The fourth-order valence-corrected chi connectivity index (χ4v) is 2.19. The highest BCUT2D eigenvalue weighted by Crippen LogP contribution is 2.26. The standard InChI is InChI=1S/C13H17NO2/c1-9-3-4-10-5-6-14-12(11(10)7-9)8-13(15)16-2/h3-4,7,12,14H,5-6,8H2,1-2H3. The van der Waals surface area contributed by atoms with Crippen LogP contribution in [0.25, 0.3) is 0 Å². The van der Waals surface area contributed by atoms with Gasteiger partial charge in [0.1, 0.15) is 0 Å². The summed E-state index contributed by atoms with van der Waals surface area (Å²) in [6.45, 7) is 3.00. The Bertz CT molecular complexity index is 401. The maximum Gasteiger partial charge on any atom is 0.307 e. The van der Waals surface area contributed by atoms with Gasteiger partial charge >= 0.3 is 5.97 Å². The molecule has 0 spiro atoms. The number of ether oxygens (including phenoxy) is 1. The Hall–Kier alpha value is -1.35. The Kier molecular flexibility index (Phi) is 3.25. The van der Waals surface area contributed by atoms with Crippen LogP contribution in [0.5, 0.6) is 0 Å². The number of aryl methyl sites for hydroxylation is 1. The SMILES string of the molecule is COC(=O)CC1NCCc2ccc(C)cc21. The summed E-state index contributed by atoms with van der Waals surface area (Å²) in [4.78, 5) is 11.3. The highest BCUT2D eigenvalue weighted by molar-refractivity contribution is 5.70. The summed E-state index contributed by atoms with van der Waals surface area (Å²) in [7, 11) is 1.43. The smallest absolute Gasteiger partial charge is 0.307 e. The predicted octanol–water partition coefficient (Wildman–Crippen LogP) is 1.74. The summed E-state index contributed by atoms with van der Waals surface area (Å²) in [5.74, 6) is -0.160. The first-order valence-corrected chi connectivity index (χ1v) is 5.60. The highest BCUT2D eigenvalue weighted by atomic mass is 16.5. The van der Waals surface area contributed by atoms with Crippen molar-refractivity contribution >= 4 is 5.97 Å². The molecule has 3 nitrogen and oxygen atoms in total. The van der Waals surface area contributed by atoms with Gasteiger partial charge in [0, 0.05) is 6.04 Å². The normalized spacial score (nSPS) is 19.0. The van der Waals surface area contributed by atoms with Crippen LogP contribution in [-0.2, 0) is 16.0 Å². The third kappa shape index (κ3) is 2.25. The average Bonchev–Trinajstić information content (AvgIpc) is 2.29. The summed E-state index contributed by atoms with van der Waals surface area (Å²) < 4.78 is 4.72. The number of hydrogen-bond donors (Lipinski definition) is 1. The van der Waals surface area contributed by atoms with Crippen LogP contribution in [0.2, 0.25) is 0 Å². The number of nitrogens with one attached hydrogen (secondary N) is 1. The molecule has 86 valence electrons. The number of benzene rings is 1. The van der Waals surface area contributed by atoms with Crippen molar-refractivity contribution < 1.29 is 9.53 Å². The van der Waals surface area contributed by atoms with Gasteiger partial charge in [-0.05, 0) is 31.0 Å². The van der Waals surface area contributed by atoms with E-state index in [1.54, 1.807) is 0 Å². The molecule has 0 saturated heterocycles. The van der Waals surface area contributed by atoms with Gasteiger partial charge in [0.25, 0.3) is 0 Å². The van der Waals surface area contributed by atoms with E-state index in [1.165, 1.54) is 23.8 Å². The van der Waals surface area contributed by atoms with Crippen molar-refractivity contribution in [2.24, 2.45) is 0 Å². The topological polar surface area (TPSA) is 38.3 Å². The molecule has 16 heavy (non-hydrogen) atoms. The van der Waals surface area contributed by atoms with Crippen molar-refractivity contribution in [2.45, 2.75) is 25.8 Å². The number of methoxy groups -OCH3 is 1. The lowest BCUT2D eigenvalue weighted by molar-refractivity contribution is -0.141. The van der Waals surface area contributed by atoms with Crippen LogP contribution >= 0.6 is 0 Å². The minimum Gasteiger partial charge on any atom is -0.469 e. The third-order valence-electron chi connectivity index (χ3n) is 3.06. The second-order valence-corrected chi connectivity index (χ2v) is 4.24. The zero-order chi connectivity index (χ0) is 11.5. The Balaban J connectivity index is 2.24. The van der Waals surface area contributed by atoms with E-state index in [2.05, 4.69) is 30.4 Å². The van der Waals surface area contributed by atoms with E-state index in [0.717, 1.165) is 13.0 Å². The molecule has 1 N–H and O–H groups in total. The van der Waals surface area contributed by atoms with Gasteiger partial charge in [-0.3, -0.25) is 4.79 Å². The van der Waals surface area contributed by atoms with Gasteiger partial charge in [-0.2, -0.15) is 0 Å². The van der Waals surface area contributed by atoms with E-state index in [4.69, 9.17) is 4.74 Å². The molecule has 0 saturated carbocycles. The van der Waals surface area contributed by atoms with E-state index in [9.17, 15) is 4.79 Å². The lowest BCUT2D eigenvalue weighted by Crippen LogP contribution is -2.31. The monoisotopic (exact) mass is 219 g/mol. The van der Waals surface area contributed by atoms with E-state index in [-0.39, 0.29) is 12.0 Å². The lowest BCUT2D eigenvalue weighted by atomic mass is 9.91. The second kappa shape index (κ2) is 4.66.